The molecule has 1 fully saturated rings. The summed E-state index contributed by atoms with van der Waals surface area (Å²) in [5, 5.41) is 9.90. The number of hydrogen-bond donors (Lipinski definition) is 1. The van der Waals surface area contributed by atoms with Gasteiger partial charge >= 0.3 is 0 Å². The first-order valence-electron chi connectivity index (χ1n) is 8.40. The first kappa shape index (κ1) is 16.7. The highest BCUT2D eigenvalue weighted by atomic mass is 16.5. The van der Waals surface area contributed by atoms with E-state index in [0.717, 1.165) is 38.3 Å². The first-order valence-corrected chi connectivity index (χ1v) is 8.40. The first-order chi connectivity index (χ1) is 11.7. The van der Waals surface area contributed by atoms with E-state index in [0.29, 0.717) is 11.8 Å². The van der Waals surface area contributed by atoms with Crippen molar-refractivity contribution in [3.8, 4) is 11.5 Å². The van der Waals surface area contributed by atoms with Gasteiger partial charge in [-0.15, -0.1) is 0 Å². The third-order valence-corrected chi connectivity index (χ3v) is 4.80. The molecule has 1 atom stereocenters. The van der Waals surface area contributed by atoms with Crippen LogP contribution in [0.1, 0.15) is 24.1 Å². The van der Waals surface area contributed by atoms with E-state index in [1.807, 2.05) is 30.6 Å². The van der Waals surface area contributed by atoms with Crippen molar-refractivity contribution < 1.29 is 9.84 Å². The molecule has 3 rings (SSSR count). The summed E-state index contributed by atoms with van der Waals surface area (Å²) in [6.07, 6.45) is 3.77. The topological polar surface area (TPSA) is 48.8 Å². The highest BCUT2D eigenvalue weighted by Gasteiger charge is 2.23. The van der Waals surface area contributed by atoms with E-state index in [9.17, 15) is 5.11 Å². The van der Waals surface area contributed by atoms with Gasteiger partial charge < -0.3 is 9.84 Å². The molecule has 0 bridgehead atoms. The third kappa shape index (κ3) is 3.68. The Hall–Kier alpha value is -2.11. The van der Waals surface area contributed by atoms with Crippen molar-refractivity contribution in [2.24, 2.45) is 0 Å². The third-order valence-electron chi connectivity index (χ3n) is 4.80. The molecule has 1 aliphatic heterocycles. The minimum atomic E-state index is 0.207. The van der Waals surface area contributed by atoms with Crippen molar-refractivity contribution in [1.82, 2.24) is 14.8 Å². The van der Waals surface area contributed by atoms with Crippen LogP contribution in [0.25, 0.3) is 0 Å². The summed E-state index contributed by atoms with van der Waals surface area (Å²) in [5.41, 5.74) is 2.30. The van der Waals surface area contributed by atoms with Gasteiger partial charge in [0.1, 0.15) is 0 Å². The summed E-state index contributed by atoms with van der Waals surface area (Å²) in [5.74, 6) is 0.794. The Morgan fingerprint density at radius 1 is 1.17 bits per heavy atom. The average Bonchev–Trinajstić information content (AvgIpc) is 2.63. The fraction of sp³-hybridized carbons (Fsp3) is 0.421. The van der Waals surface area contributed by atoms with Crippen molar-refractivity contribution in [3.63, 3.8) is 0 Å². The van der Waals surface area contributed by atoms with Gasteiger partial charge in [0.15, 0.2) is 11.5 Å². The Balaban J connectivity index is 1.59. The highest BCUT2D eigenvalue weighted by molar-refractivity contribution is 5.45. The average molecular weight is 327 g/mol. The van der Waals surface area contributed by atoms with Crippen LogP contribution in [0.5, 0.6) is 11.5 Å². The summed E-state index contributed by atoms with van der Waals surface area (Å²) in [6, 6.07) is 10.1. The van der Waals surface area contributed by atoms with E-state index < -0.39 is 0 Å². The molecule has 2 aromatic rings. The number of piperazine rings is 1. The van der Waals surface area contributed by atoms with Crippen LogP contribution in [0.4, 0.5) is 0 Å². The van der Waals surface area contributed by atoms with E-state index in [2.05, 4.69) is 27.8 Å². The summed E-state index contributed by atoms with van der Waals surface area (Å²) in [7, 11) is 1.60. The molecule has 0 amide bonds. The van der Waals surface area contributed by atoms with Gasteiger partial charge in [-0.25, -0.2) is 0 Å². The molecule has 24 heavy (non-hydrogen) atoms. The zero-order chi connectivity index (χ0) is 16.9. The van der Waals surface area contributed by atoms with Crippen LogP contribution in [0, 0.1) is 0 Å². The quantitative estimate of drug-likeness (QED) is 0.915. The minimum Gasteiger partial charge on any atom is -0.504 e. The molecule has 1 unspecified atom stereocenters. The lowest BCUT2D eigenvalue weighted by molar-refractivity contribution is 0.0971. The van der Waals surface area contributed by atoms with Gasteiger partial charge in [0.2, 0.25) is 0 Å². The summed E-state index contributed by atoms with van der Waals surface area (Å²) in [4.78, 5) is 9.12. The number of aromatic hydroxyl groups is 1. The van der Waals surface area contributed by atoms with E-state index in [-0.39, 0.29) is 5.75 Å². The Morgan fingerprint density at radius 2 is 1.96 bits per heavy atom. The number of pyridine rings is 1. The number of phenols is 1. The van der Waals surface area contributed by atoms with Crippen LogP contribution in [-0.2, 0) is 6.54 Å². The number of hydrogen-bond acceptors (Lipinski definition) is 5. The second-order valence-electron chi connectivity index (χ2n) is 6.24. The molecule has 5 nitrogen and oxygen atoms in total. The fourth-order valence-electron chi connectivity index (χ4n) is 3.32. The number of ether oxygens (including phenoxy) is 1. The molecule has 1 aromatic carbocycles. The maximum absolute atomic E-state index is 9.90. The second-order valence-corrected chi connectivity index (χ2v) is 6.24. The van der Waals surface area contributed by atoms with Crippen LogP contribution >= 0.6 is 0 Å². The molecule has 0 saturated carbocycles. The largest absolute Gasteiger partial charge is 0.504 e. The zero-order valence-corrected chi connectivity index (χ0v) is 14.4. The Labute approximate surface area is 143 Å². The lowest BCUT2D eigenvalue weighted by Crippen LogP contribution is -2.46. The van der Waals surface area contributed by atoms with Crippen LogP contribution in [0.3, 0.4) is 0 Å². The number of phenolic OH excluding ortho intramolecular Hbond substituents is 1. The lowest BCUT2D eigenvalue weighted by Gasteiger charge is -2.38. The highest BCUT2D eigenvalue weighted by Crippen LogP contribution is 2.31. The molecule has 2 heterocycles. The van der Waals surface area contributed by atoms with E-state index in [1.54, 1.807) is 13.2 Å². The predicted molar refractivity (Wildman–Crippen MR) is 94.2 cm³/mol. The van der Waals surface area contributed by atoms with Gasteiger partial charge in [-0.05, 0) is 24.6 Å². The number of aromatic nitrogens is 1. The van der Waals surface area contributed by atoms with Crippen LogP contribution < -0.4 is 4.74 Å². The molecular weight excluding hydrogens is 302 g/mol. The molecule has 1 saturated heterocycles. The Kier molecular flexibility index (Phi) is 5.33. The molecule has 1 aromatic heterocycles. The number of methoxy groups -OCH3 is 1. The van der Waals surface area contributed by atoms with Crippen molar-refractivity contribution >= 4 is 0 Å². The SMILES string of the molecule is COc1c(O)cccc1CN1CCN(C(C)c2cccnc2)CC1. The number of benzene rings is 1. The summed E-state index contributed by atoms with van der Waals surface area (Å²) in [6.45, 7) is 7.10. The van der Waals surface area contributed by atoms with Crippen LogP contribution in [0.2, 0.25) is 0 Å². The van der Waals surface area contributed by atoms with Gasteiger partial charge in [-0.1, -0.05) is 18.2 Å². The molecule has 1 N–H and O–H groups in total. The molecular formula is C19H25N3O2. The minimum absolute atomic E-state index is 0.207. The fourth-order valence-corrected chi connectivity index (χ4v) is 3.32. The molecule has 5 heteroatoms. The normalized spacial score (nSPS) is 17.6. The van der Waals surface area contributed by atoms with E-state index >= 15 is 0 Å². The molecule has 0 radical (unpaired) electrons. The standard InChI is InChI=1S/C19H25N3O2/c1-15(16-6-4-8-20-13-16)22-11-9-21(10-12-22)14-17-5-3-7-18(23)19(17)24-2/h3-8,13,15,23H,9-12,14H2,1-2H3. The molecule has 128 valence electrons. The van der Waals surface area contributed by atoms with E-state index in [4.69, 9.17) is 4.74 Å². The smallest absolute Gasteiger partial charge is 0.164 e. The number of rotatable bonds is 5. The Morgan fingerprint density at radius 3 is 2.62 bits per heavy atom. The number of nitrogens with zero attached hydrogens (tertiary/aromatic N) is 3. The monoisotopic (exact) mass is 327 g/mol. The predicted octanol–water partition coefficient (Wildman–Crippen LogP) is 2.67. The maximum Gasteiger partial charge on any atom is 0.164 e. The summed E-state index contributed by atoms with van der Waals surface area (Å²) >= 11 is 0. The van der Waals surface area contributed by atoms with Crippen LogP contribution in [0.15, 0.2) is 42.7 Å². The van der Waals surface area contributed by atoms with Crippen molar-refractivity contribution in [3.05, 3.63) is 53.9 Å². The Bertz CT molecular complexity index is 655. The second kappa shape index (κ2) is 7.64. The van der Waals surface area contributed by atoms with Crippen LogP contribution in [-0.4, -0.2) is 53.2 Å². The zero-order valence-electron chi connectivity index (χ0n) is 14.4. The molecule has 0 aliphatic carbocycles. The molecule has 1 aliphatic rings. The van der Waals surface area contributed by atoms with Gasteiger partial charge in [0.25, 0.3) is 0 Å². The van der Waals surface area contributed by atoms with E-state index in [1.165, 1.54) is 5.56 Å². The van der Waals surface area contributed by atoms with Gasteiger partial charge in [0, 0.05) is 56.7 Å². The van der Waals surface area contributed by atoms with Gasteiger partial charge in [-0.3, -0.25) is 14.8 Å². The van der Waals surface area contributed by atoms with Crippen molar-refractivity contribution in [1.29, 1.82) is 0 Å². The maximum atomic E-state index is 9.90. The van der Waals surface area contributed by atoms with Gasteiger partial charge in [0.05, 0.1) is 7.11 Å². The van der Waals surface area contributed by atoms with Gasteiger partial charge in [-0.2, -0.15) is 0 Å². The summed E-state index contributed by atoms with van der Waals surface area (Å²) < 4.78 is 5.34. The van der Waals surface area contributed by atoms with Crippen molar-refractivity contribution in [2.75, 3.05) is 33.3 Å². The molecule has 0 spiro atoms. The number of para-hydroxylation sites is 1. The lowest BCUT2D eigenvalue weighted by atomic mass is 10.1. The van der Waals surface area contributed by atoms with Crippen molar-refractivity contribution in [2.45, 2.75) is 19.5 Å².